The van der Waals surface area contributed by atoms with Crippen LogP contribution in [0, 0.1) is 0 Å². The van der Waals surface area contributed by atoms with E-state index in [-0.39, 0.29) is 5.91 Å². The molecule has 0 aromatic heterocycles. The van der Waals surface area contributed by atoms with Crippen molar-refractivity contribution in [2.75, 3.05) is 37.5 Å². The van der Waals surface area contributed by atoms with Crippen molar-refractivity contribution in [3.8, 4) is 0 Å². The smallest absolute Gasteiger partial charge is 0.258 e. The van der Waals surface area contributed by atoms with Crippen molar-refractivity contribution in [3.05, 3.63) is 22.7 Å². The zero-order chi connectivity index (χ0) is 13.1. The molecule has 1 heterocycles. The minimum absolute atomic E-state index is 0.149. The van der Waals surface area contributed by atoms with Gasteiger partial charge in [-0.15, -0.1) is 0 Å². The largest absolute Gasteiger partial charge is 0.397 e. The van der Waals surface area contributed by atoms with E-state index < -0.39 is 6.10 Å². The number of amides is 1. The Morgan fingerprint density at radius 3 is 2.89 bits per heavy atom. The van der Waals surface area contributed by atoms with Crippen LogP contribution in [-0.2, 0) is 14.3 Å². The lowest BCUT2D eigenvalue weighted by atomic mass is 10.2. The zero-order valence-electron chi connectivity index (χ0n) is 10.1. The van der Waals surface area contributed by atoms with Crippen LogP contribution in [0.1, 0.15) is 0 Å². The van der Waals surface area contributed by atoms with Crippen LogP contribution in [0.5, 0.6) is 0 Å². The maximum atomic E-state index is 12.2. The van der Waals surface area contributed by atoms with E-state index in [1.165, 1.54) is 4.90 Å². The summed E-state index contributed by atoms with van der Waals surface area (Å²) in [6.45, 7) is 1.27. The normalized spacial score (nSPS) is 19.6. The summed E-state index contributed by atoms with van der Waals surface area (Å²) < 4.78 is 11.5. The van der Waals surface area contributed by atoms with Crippen LogP contribution < -0.4 is 10.6 Å². The van der Waals surface area contributed by atoms with Crippen LogP contribution in [0.15, 0.2) is 22.7 Å². The fourth-order valence-corrected chi connectivity index (χ4v) is 2.17. The van der Waals surface area contributed by atoms with Gasteiger partial charge in [-0.25, -0.2) is 0 Å². The maximum absolute atomic E-state index is 12.2. The fraction of sp³-hybridized carbons (Fsp3) is 0.417. The monoisotopic (exact) mass is 314 g/mol. The highest BCUT2D eigenvalue weighted by Gasteiger charge is 2.27. The molecule has 1 aromatic carbocycles. The van der Waals surface area contributed by atoms with Crippen molar-refractivity contribution in [3.63, 3.8) is 0 Å². The molecule has 2 N–H and O–H groups in total. The minimum atomic E-state index is -0.549. The van der Waals surface area contributed by atoms with Crippen LogP contribution in [0.25, 0.3) is 0 Å². The van der Waals surface area contributed by atoms with Gasteiger partial charge in [-0.1, -0.05) is 15.9 Å². The summed E-state index contributed by atoms with van der Waals surface area (Å²) in [6.07, 6.45) is -0.549. The van der Waals surface area contributed by atoms with Gasteiger partial charge in [0.05, 0.1) is 31.2 Å². The number of halogens is 1. The van der Waals surface area contributed by atoms with Crippen LogP contribution in [0.3, 0.4) is 0 Å². The third kappa shape index (κ3) is 2.82. The number of hydrogen-bond donors (Lipinski definition) is 1. The first-order valence-electron chi connectivity index (χ1n) is 5.61. The van der Waals surface area contributed by atoms with E-state index in [1.807, 2.05) is 6.07 Å². The van der Waals surface area contributed by atoms with E-state index in [4.69, 9.17) is 15.2 Å². The van der Waals surface area contributed by atoms with Gasteiger partial charge < -0.3 is 20.1 Å². The maximum Gasteiger partial charge on any atom is 0.258 e. The van der Waals surface area contributed by atoms with Crippen LogP contribution in [0.4, 0.5) is 11.4 Å². The molecule has 1 aliphatic heterocycles. The van der Waals surface area contributed by atoms with E-state index >= 15 is 0 Å². The van der Waals surface area contributed by atoms with Gasteiger partial charge in [0.2, 0.25) is 0 Å². The predicted molar refractivity (Wildman–Crippen MR) is 72.5 cm³/mol. The van der Waals surface area contributed by atoms with Crippen molar-refractivity contribution >= 4 is 33.2 Å². The molecule has 98 valence electrons. The molecule has 1 aliphatic rings. The van der Waals surface area contributed by atoms with E-state index in [2.05, 4.69) is 15.9 Å². The van der Waals surface area contributed by atoms with E-state index in [0.717, 1.165) is 4.47 Å². The molecule has 1 saturated heterocycles. The highest BCUT2D eigenvalue weighted by Crippen LogP contribution is 2.26. The summed E-state index contributed by atoms with van der Waals surface area (Å²) in [4.78, 5) is 13.7. The van der Waals surface area contributed by atoms with Gasteiger partial charge in [0.1, 0.15) is 0 Å². The average Bonchev–Trinajstić information content (AvgIpc) is 2.38. The second kappa shape index (κ2) is 5.69. The first-order chi connectivity index (χ1) is 8.59. The summed E-state index contributed by atoms with van der Waals surface area (Å²) in [7, 11) is 1.68. The Labute approximate surface area is 114 Å². The van der Waals surface area contributed by atoms with E-state index in [9.17, 15) is 4.79 Å². The number of carbonyl (C=O) groups excluding carboxylic acids is 1. The van der Waals surface area contributed by atoms with Crippen LogP contribution in [0.2, 0.25) is 0 Å². The second-order valence-electron chi connectivity index (χ2n) is 4.03. The van der Waals surface area contributed by atoms with Gasteiger partial charge >= 0.3 is 0 Å². The lowest BCUT2D eigenvalue weighted by Crippen LogP contribution is -2.44. The van der Waals surface area contributed by atoms with Crippen molar-refractivity contribution < 1.29 is 14.3 Å². The summed E-state index contributed by atoms with van der Waals surface area (Å²) in [5, 5.41) is 0. The number of anilines is 2. The van der Waals surface area contributed by atoms with Crippen LogP contribution in [-0.4, -0.2) is 38.9 Å². The number of nitrogens with zero attached hydrogens (tertiary/aromatic N) is 1. The molecule has 0 spiro atoms. The molecule has 0 aliphatic carbocycles. The Kier molecular flexibility index (Phi) is 4.21. The number of benzene rings is 1. The first-order valence-corrected chi connectivity index (χ1v) is 6.41. The number of nitrogens with two attached hydrogens (primary N) is 1. The molecule has 5 nitrogen and oxygen atoms in total. The number of likely N-dealkylation sites (N-methyl/N-ethyl adjacent to an activating group) is 1. The van der Waals surface area contributed by atoms with Crippen LogP contribution >= 0.6 is 15.9 Å². The molecule has 0 radical (unpaired) electrons. The summed E-state index contributed by atoms with van der Waals surface area (Å²) in [5.41, 5.74) is 7.10. The van der Waals surface area contributed by atoms with E-state index in [1.54, 1.807) is 19.2 Å². The number of hydrogen-bond acceptors (Lipinski definition) is 4. The lowest BCUT2D eigenvalue weighted by Gasteiger charge is -2.27. The Hall–Kier alpha value is -1.11. The Balaban J connectivity index is 2.14. The molecule has 1 amide bonds. The zero-order valence-corrected chi connectivity index (χ0v) is 11.6. The number of rotatable bonds is 2. The fourth-order valence-electron chi connectivity index (χ4n) is 1.80. The second-order valence-corrected chi connectivity index (χ2v) is 4.95. The quantitative estimate of drug-likeness (QED) is 0.838. The molecule has 18 heavy (non-hydrogen) atoms. The number of ether oxygens (including phenoxy) is 2. The van der Waals surface area contributed by atoms with Gasteiger partial charge in [-0.2, -0.15) is 0 Å². The molecular formula is C12H15BrN2O3. The molecular weight excluding hydrogens is 300 g/mol. The van der Waals surface area contributed by atoms with Gasteiger partial charge in [0.25, 0.3) is 5.91 Å². The minimum Gasteiger partial charge on any atom is -0.397 e. The van der Waals surface area contributed by atoms with Gasteiger partial charge in [-0.3, -0.25) is 4.79 Å². The molecule has 0 saturated carbocycles. The average molecular weight is 315 g/mol. The van der Waals surface area contributed by atoms with Crippen molar-refractivity contribution in [1.29, 1.82) is 0 Å². The SMILES string of the molecule is CN(C(=O)C1COCCO1)c1ccc(Br)cc1N. The molecule has 1 fully saturated rings. The third-order valence-corrected chi connectivity index (χ3v) is 3.27. The summed E-state index contributed by atoms with van der Waals surface area (Å²) >= 11 is 3.33. The lowest BCUT2D eigenvalue weighted by molar-refractivity contribution is -0.144. The van der Waals surface area contributed by atoms with E-state index in [0.29, 0.717) is 31.2 Å². The molecule has 1 unspecified atom stereocenters. The van der Waals surface area contributed by atoms with Crippen molar-refractivity contribution in [1.82, 2.24) is 0 Å². The third-order valence-electron chi connectivity index (χ3n) is 2.77. The Morgan fingerprint density at radius 1 is 1.50 bits per heavy atom. The van der Waals surface area contributed by atoms with Crippen molar-refractivity contribution in [2.24, 2.45) is 0 Å². The summed E-state index contributed by atoms with van der Waals surface area (Å²) in [5.74, 6) is -0.149. The van der Waals surface area contributed by atoms with Crippen molar-refractivity contribution in [2.45, 2.75) is 6.10 Å². The molecule has 6 heteroatoms. The van der Waals surface area contributed by atoms with Gasteiger partial charge in [0.15, 0.2) is 6.10 Å². The number of nitrogen functional groups attached to an aromatic ring is 1. The van der Waals surface area contributed by atoms with Gasteiger partial charge in [0, 0.05) is 11.5 Å². The van der Waals surface area contributed by atoms with Gasteiger partial charge in [-0.05, 0) is 18.2 Å². The number of carbonyl (C=O) groups is 1. The molecule has 1 aromatic rings. The molecule has 1 atom stereocenters. The highest BCUT2D eigenvalue weighted by atomic mass is 79.9. The Morgan fingerprint density at radius 2 is 2.28 bits per heavy atom. The predicted octanol–water partition coefficient (Wildman–Crippen LogP) is 1.41. The summed E-state index contributed by atoms with van der Waals surface area (Å²) in [6, 6.07) is 5.39. The Bertz CT molecular complexity index is 447. The first kappa shape index (κ1) is 13.3. The molecule has 2 rings (SSSR count). The standard InChI is InChI=1S/C12H15BrN2O3/c1-15(10-3-2-8(13)6-9(10)14)12(16)11-7-17-4-5-18-11/h2-3,6,11H,4-5,7,14H2,1H3. The topological polar surface area (TPSA) is 64.8 Å². The molecule has 0 bridgehead atoms. The highest BCUT2D eigenvalue weighted by molar-refractivity contribution is 9.10.